The van der Waals surface area contributed by atoms with Crippen molar-refractivity contribution in [1.29, 1.82) is 0 Å². The number of nitro groups is 1. The molecule has 0 spiro atoms. The van der Waals surface area contributed by atoms with E-state index in [2.05, 4.69) is 58.4 Å². The lowest BCUT2D eigenvalue weighted by Gasteiger charge is -2.12. The third-order valence-corrected chi connectivity index (χ3v) is 5.30. The molecule has 0 fully saturated rings. The highest BCUT2D eigenvalue weighted by atomic mass is 35.5. The molecule has 3 aromatic rings. The van der Waals surface area contributed by atoms with Crippen LogP contribution in [0.15, 0.2) is 23.5 Å². The summed E-state index contributed by atoms with van der Waals surface area (Å²) in [4.78, 5) is 22.8. The second-order valence-corrected chi connectivity index (χ2v) is 9.53. The smallest absolute Gasteiger partial charge is 0.378 e. The highest BCUT2D eigenvalue weighted by molar-refractivity contribution is 7.98. The standard InChI is InChI=1S/C10H5Cl2F3N4O2.C10H19N5S/c11-5-1-4(10(13,14)15)2-6(12)8(5)18-9(16)7(3-17-18)19(20)21;1-6(2)11-8-13-9(12-7(3)4)15-10(14-8)16-5/h1-3H,16H2;6-7H,1-5H3,(H2,11,12,13,14,15). The summed E-state index contributed by atoms with van der Waals surface area (Å²) >= 11 is 13.0. The van der Waals surface area contributed by atoms with Crippen molar-refractivity contribution >= 4 is 58.4 Å². The summed E-state index contributed by atoms with van der Waals surface area (Å²) in [5.74, 6) is 0.846. The Morgan fingerprint density at radius 3 is 1.89 bits per heavy atom. The van der Waals surface area contributed by atoms with Gasteiger partial charge in [-0.25, -0.2) is 4.68 Å². The van der Waals surface area contributed by atoms with Gasteiger partial charge in [0.05, 0.1) is 20.5 Å². The highest BCUT2D eigenvalue weighted by Crippen LogP contribution is 2.38. The Morgan fingerprint density at radius 1 is 1.05 bits per heavy atom. The quantitative estimate of drug-likeness (QED) is 0.174. The van der Waals surface area contributed by atoms with E-state index >= 15 is 0 Å². The van der Waals surface area contributed by atoms with Crippen molar-refractivity contribution in [2.24, 2.45) is 0 Å². The van der Waals surface area contributed by atoms with Gasteiger partial charge in [0, 0.05) is 12.1 Å². The van der Waals surface area contributed by atoms with Crippen LogP contribution in [-0.4, -0.2) is 48.0 Å². The molecular weight excluding hydrogens is 558 g/mol. The number of hydrogen-bond acceptors (Lipinski definition) is 10. The van der Waals surface area contributed by atoms with Crippen LogP contribution in [0, 0.1) is 10.1 Å². The largest absolute Gasteiger partial charge is 0.416 e. The minimum Gasteiger partial charge on any atom is -0.378 e. The Bertz CT molecular complexity index is 1210. The molecule has 3 rings (SSSR count). The lowest BCUT2D eigenvalue weighted by Crippen LogP contribution is -2.17. The maximum atomic E-state index is 12.6. The van der Waals surface area contributed by atoms with Crippen LogP contribution in [0.3, 0.4) is 0 Å². The first-order chi connectivity index (χ1) is 17.1. The summed E-state index contributed by atoms with van der Waals surface area (Å²) in [6.45, 7) is 8.21. The summed E-state index contributed by atoms with van der Waals surface area (Å²) in [5.41, 5.74) is 3.78. The van der Waals surface area contributed by atoms with Crippen LogP contribution < -0.4 is 16.4 Å². The van der Waals surface area contributed by atoms with Crippen molar-refractivity contribution in [2.75, 3.05) is 22.6 Å². The maximum Gasteiger partial charge on any atom is 0.416 e. The fourth-order valence-corrected chi connectivity index (χ4v) is 3.70. The Labute approximate surface area is 224 Å². The molecule has 0 amide bonds. The number of nitrogens with two attached hydrogens (primary N) is 1. The SMILES string of the molecule is CSc1nc(NC(C)C)nc(NC(C)C)n1.Nc1c([N+](=O)[O-])cnn1-c1c(Cl)cc(C(F)(F)F)cc1Cl. The second-order valence-electron chi connectivity index (χ2n) is 7.94. The molecule has 0 atom stereocenters. The van der Waals surface area contributed by atoms with Gasteiger partial charge >= 0.3 is 11.9 Å². The van der Waals surface area contributed by atoms with Crippen molar-refractivity contribution < 1.29 is 18.1 Å². The first kappa shape index (κ1) is 30.2. The van der Waals surface area contributed by atoms with Gasteiger partial charge in [0.2, 0.25) is 17.7 Å². The first-order valence-corrected chi connectivity index (χ1v) is 12.5. The number of nitrogens with zero attached hydrogens (tertiary/aromatic N) is 6. The molecule has 37 heavy (non-hydrogen) atoms. The zero-order chi connectivity index (χ0) is 28.1. The lowest BCUT2D eigenvalue weighted by atomic mass is 10.2. The van der Waals surface area contributed by atoms with E-state index < -0.39 is 28.2 Å². The van der Waals surface area contributed by atoms with Crippen LogP contribution in [0.25, 0.3) is 5.69 Å². The van der Waals surface area contributed by atoms with Gasteiger partial charge in [0.25, 0.3) is 0 Å². The molecule has 0 saturated heterocycles. The minimum absolute atomic E-state index is 0.170. The third kappa shape index (κ3) is 8.23. The number of alkyl halides is 3. The predicted octanol–water partition coefficient (Wildman–Crippen LogP) is 5.92. The lowest BCUT2D eigenvalue weighted by molar-refractivity contribution is -0.383. The van der Waals surface area contributed by atoms with Crippen molar-refractivity contribution in [2.45, 2.75) is 51.1 Å². The van der Waals surface area contributed by atoms with Crippen molar-refractivity contribution in [3.8, 4) is 5.69 Å². The Hall–Kier alpha value is -3.04. The molecule has 0 aliphatic carbocycles. The highest BCUT2D eigenvalue weighted by Gasteiger charge is 2.33. The maximum absolute atomic E-state index is 12.6. The van der Waals surface area contributed by atoms with Gasteiger partial charge in [-0.3, -0.25) is 10.1 Å². The zero-order valence-electron chi connectivity index (χ0n) is 20.3. The monoisotopic (exact) mass is 581 g/mol. The number of aromatic nitrogens is 5. The Kier molecular flexibility index (Phi) is 10.2. The summed E-state index contributed by atoms with van der Waals surface area (Å²) in [7, 11) is 0. The molecule has 0 radical (unpaired) electrons. The van der Waals surface area contributed by atoms with Crippen LogP contribution in [0.1, 0.15) is 33.3 Å². The van der Waals surface area contributed by atoms with Gasteiger partial charge in [0.15, 0.2) is 5.16 Å². The molecule has 2 heterocycles. The third-order valence-electron chi connectivity index (χ3n) is 4.17. The van der Waals surface area contributed by atoms with Crippen molar-refractivity contribution in [1.82, 2.24) is 24.7 Å². The van der Waals surface area contributed by atoms with Crippen LogP contribution in [0.2, 0.25) is 10.0 Å². The Balaban J connectivity index is 0.000000271. The molecule has 0 aliphatic heterocycles. The molecule has 1 aromatic carbocycles. The number of nitrogen functional groups attached to an aromatic ring is 1. The Morgan fingerprint density at radius 2 is 1.54 bits per heavy atom. The molecule has 11 nitrogen and oxygen atoms in total. The summed E-state index contributed by atoms with van der Waals surface area (Å²) in [6, 6.07) is 1.89. The molecular formula is C20H24Cl2F3N9O2S. The second kappa shape index (κ2) is 12.5. The average Bonchev–Trinajstić information content (AvgIpc) is 3.13. The van der Waals surface area contributed by atoms with Gasteiger partial charge in [-0.1, -0.05) is 35.0 Å². The molecule has 0 aliphatic rings. The van der Waals surface area contributed by atoms with Gasteiger partial charge in [-0.2, -0.15) is 33.2 Å². The van der Waals surface area contributed by atoms with Crippen LogP contribution >= 0.6 is 35.0 Å². The normalized spacial score (nSPS) is 11.4. The van der Waals surface area contributed by atoms with E-state index in [1.54, 1.807) is 0 Å². The molecule has 0 unspecified atom stereocenters. The van der Waals surface area contributed by atoms with Crippen LogP contribution in [0.5, 0.6) is 0 Å². The molecule has 202 valence electrons. The number of thioether (sulfide) groups is 1. The molecule has 17 heteroatoms. The van der Waals surface area contributed by atoms with E-state index in [9.17, 15) is 23.3 Å². The number of rotatable bonds is 7. The average molecular weight is 582 g/mol. The zero-order valence-corrected chi connectivity index (χ0v) is 22.6. The summed E-state index contributed by atoms with van der Waals surface area (Å²) in [5, 5.41) is 20.6. The van der Waals surface area contributed by atoms with E-state index in [0.717, 1.165) is 16.0 Å². The summed E-state index contributed by atoms with van der Waals surface area (Å²) < 4.78 is 38.7. The van der Waals surface area contributed by atoms with Gasteiger partial charge in [0.1, 0.15) is 11.9 Å². The first-order valence-electron chi connectivity index (χ1n) is 10.5. The van der Waals surface area contributed by atoms with Crippen LogP contribution in [0.4, 0.5) is 36.6 Å². The minimum atomic E-state index is -4.63. The van der Waals surface area contributed by atoms with Crippen molar-refractivity contribution in [3.05, 3.63) is 44.1 Å². The van der Waals surface area contributed by atoms with Gasteiger partial charge in [-0.15, -0.1) is 0 Å². The fraction of sp³-hybridized carbons (Fsp3) is 0.400. The summed E-state index contributed by atoms with van der Waals surface area (Å²) in [6.07, 6.45) is -1.83. The fourth-order valence-electron chi connectivity index (χ4n) is 2.69. The van der Waals surface area contributed by atoms with E-state index in [0.29, 0.717) is 36.1 Å². The van der Waals surface area contributed by atoms with Crippen LogP contribution in [-0.2, 0) is 6.18 Å². The molecule has 2 aromatic heterocycles. The van der Waals surface area contributed by atoms with Gasteiger partial charge < -0.3 is 16.4 Å². The van der Waals surface area contributed by atoms with E-state index in [1.807, 2.05) is 6.26 Å². The number of anilines is 3. The van der Waals surface area contributed by atoms with Gasteiger partial charge in [-0.05, 0) is 46.1 Å². The molecule has 0 bridgehead atoms. The molecule has 0 saturated carbocycles. The number of hydrogen-bond donors (Lipinski definition) is 3. The van der Waals surface area contributed by atoms with E-state index in [4.69, 9.17) is 28.9 Å². The van der Waals surface area contributed by atoms with E-state index in [1.165, 1.54) is 11.8 Å². The van der Waals surface area contributed by atoms with Crippen molar-refractivity contribution in [3.63, 3.8) is 0 Å². The number of halogens is 5. The predicted molar refractivity (Wildman–Crippen MR) is 139 cm³/mol. The topological polar surface area (TPSA) is 150 Å². The van der Waals surface area contributed by atoms with E-state index in [-0.39, 0.29) is 15.7 Å². The number of benzene rings is 1. The molecule has 4 N–H and O–H groups in total. The number of nitrogens with one attached hydrogen (secondary N) is 2.